The van der Waals surface area contributed by atoms with Crippen LogP contribution in [-0.4, -0.2) is 29.2 Å². The molecule has 0 aliphatic heterocycles. The Hall–Kier alpha value is -0.860. The van der Waals surface area contributed by atoms with E-state index in [9.17, 15) is 9.59 Å². The van der Waals surface area contributed by atoms with Gasteiger partial charge in [0.2, 0.25) is 5.91 Å². The minimum absolute atomic E-state index is 0.000370. The number of likely N-dealkylation sites (N-methyl/N-ethyl adjacent to an activating group) is 1. The van der Waals surface area contributed by atoms with Crippen molar-refractivity contribution in [3.8, 4) is 0 Å². The van der Waals surface area contributed by atoms with Gasteiger partial charge in [-0.2, -0.15) is 0 Å². The zero-order valence-electron chi connectivity index (χ0n) is 10.3. The van der Waals surface area contributed by atoms with Crippen molar-refractivity contribution in [3.05, 3.63) is 0 Å². The lowest BCUT2D eigenvalue weighted by Crippen LogP contribution is -2.45. The number of rotatable bonds is 4. The third-order valence-corrected chi connectivity index (χ3v) is 3.47. The van der Waals surface area contributed by atoms with Crippen molar-refractivity contribution >= 4 is 11.7 Å². The first-order valence-corrected chi connectivity index (χ1v) is 5.59. The summed E-state index contributed by atoms with van der Waals surface area (Å²) < 4.78 is 0. The van der Waals surface area contributed by atoms with Crippen molar-refractivity contribution in [3.63, 3.8) is 0 Å². The highest BCUT2D eigenvalue weighted by Gasteiger charge is 2.53. The van der Waals surface area contributed by atoms with Crippen LogP contribution >= 0.6 is 0 Å². The average Bonchev–Trinajstić information content (AvgIpc) is 2.68. The van der Waals surface area contributed by atoms with E-state index in [0.717, 1.165) is 6.42 Å². The fourth-order valence-corrected chi connectivity index (χ4v) is 2.38. The number of Topliss-reactive ketones (excluding diaryl/α,β-unsaturated/α-hetero) is 1. The van der Waals surface area contributed by atoms with Gasteiger partial charge in [-0.25, -0.2) is 0 Å². The molecule has 0 aromatic rings. The van der Waals surface area contributed by atoms with Gasteiger partial charge < -0.3 is 4.90 Å². The molecule has 1 rings (SSSR count). The molecule has 0 saturated heterocycles. The maximum Gasteiger partial charge on any atom is 0.220 e. The first-order chi connectivity index (χ1) is 6.81. The van der Waals surface area contributed by atoms with Crippen LogP contribution in [0, 0.1) is 11.3 Å². The third kappa shape index (κ3) is 2.39. The number of amides is 1. The van der Waals surface area contributed by atoms with Gasteiger partial charge in [0.15, 0.2) is 5.78 Å². The van der Waals surface area contributed by atoms with Gasteiger partial charge in [-0.05, 0) is 31.6 Å². The minimum atomic E-state index is -0.206. The Bertz CT molecular complexity index is 283. The van der Waals surface area contributed by atoms with Crippen molar-refractivity contribution in [1.29, 1.82) is 0 Å². The van der Waals surface area contributed by atoms with E-state index in [1.807, 2.05) is 6.92 Å². The molecule has 0 spiro atoms. The molecule has 1 aliphatic carbocycles. The van der Waals surface area contributed by atoms with Crippen molar-refractivity contribution in [2.75, 3.05) is 6.54 Å². The van der Waals surface area contributed by atoms with Gasteiger partial charge in [-0.1, -0.05) is 13.8 Å². The number of carbonyl (C=O) groups excluding carboxylic acids is 2. The molecule has 3 heteroatoms. The van der Waals surface area contributed by atoms with E-state index in [1.54, 1.807) is 11.8 Å². The molecule has 1 aliphatic rings. The predicted octanol–water partition coefficient (Wildman–Crippen LogP) is 1.86. The van der Waals surface area contributed by atoms with Crippen molar-refractivity contribution in [2.45, 2.75) is 47.1 Å². The highest BCUT2D eigenvalue weighted by Crippen LogP contribution is 2.54. The van der Waals surface area contributed by atoms with Crippen LogP contribution in [-0.2, 0) is 9.59 Å². The van der Waals surface area contributed by atoms with E-state index in [1.165, 1.54) is 6.92 Å². The summed E-state index contributed by atoms with van der Waals surface area (Å²) in [6, 6.07) is -0.206. The van der Waals surface area contributed by atoms with Crippen LogP contribution in [0.1, 0.15) is 41.0 Å². The third-order valence-electron chi connectivity index (χ3n) is 3.47. The molecule has 2 atom stereocenters. The van der Waals surface area contributed by atoms with Crippen molar-refractivity contribution in [2.24, 2.45) is 11.3 Å². The molecule has 0 aromatic carbocycles. The minimum Gasteiger partial charge on any atom is -0.333 e. The molecule has 1 saturated carbocycles. The molecule has 1 fully saturated rings. The molecule has 86 valence electrons. The summed E-state index contributed by atoms with van der Waals surface area (Å²) in [7, 11) is 0. The smallest absolute Gasteiger partial charge is 0.220 e. The Labute approximate surface area is 91.8 Å². The quantitative estimate of drug-likeness (QED) is 0.711. The first-order valence-electron chi connectivity index (χ1n) is 5.59. The van der Waals surface area contributed by atoms with Gasteiger partial charge >= 0.3 is 0 Å². The monoisotopic (exact) mass is 211 g/mol. The zero-order chi connectivity index (χ0) is 11.8. The summed E-state index contributed by atoms with van der Waals surface area (Å²) in [4.78, 5) is 24.8. The summed E-state index contributed by atoms with van der Waals surface area (Å²) in [6.45, 7) is 9.97. The first kappa shape index (κ1) is 12.2. The average molecular weight is 211 g/mol. The standard InChI is InChI=1S/C12H21NO2/c1-6-13(9(3)15)11(8(2)14)10-7-12(10,4)5/h10-11H,6-7H2,1-5H3. The summed E-state index contributed by atoms with van der Waals surface area (Å²) in [6.07, 6.45) is 1.04. The molecule has 0 N–H and O–H groups in total. The van der Waals surface area contributed by atoms with Crippen molar-refractivity contribution in [1.82, 2.24) is 4.90 Å². The Morgan fingerprint density at radius 1 is 1.40 bits per heavy atom. The summed E-state index contributed by atoms with van der Waals surface area (Å²) >= 11 is 0. The molecule has 0 radical (unpaired) electrons. The second kappa shape index (κ2) is 3.95. The molecular weight excluding hydrogens is 190 g/mol. The maximum atomic E-state index is 11.6. The van der Waals surface area contributed by atoms with E-state index < -0.39 is 0 Å². The number of hydrogen-bond acceptors (Lipinski definition) is 2. The predicted molar refractivity (Wildman–Crippen MR) is 59.4 cm³/mol. The fourth-order valence-electron chi connectivity index (χ4n) is 2.38. The highest BCUT2D eigenvalue weighted by molar-refractivity contribution is 5.87. The van der Waals surface area contributed by atoms with E-state index in [0.29, 0.717) is 12.5 Å². The largest absolute Gasteiger partial charge is 0.333 e. The SMILES string of the molecule is CCN(C(C)=O)C(C(C)=O)C1CC1(C)C. The van der Waals surface area contributed by atoms with Gasteiger partial charge in [0.25, 0.3) is 0 Å². The number of ketones is 1. The molecule has 2 unspecified atom stereocenters. The van der Waals surface area contributed by atoms with Gasteiger partial charge in [0.1, 0.15) is 0 Å². The van der Waals surface area contributed by atoms with Gasteiger partial charge in [-0.3, -0.25) is 9.59 Å². The number of carbonyl (C=O) groups is 2. The van der Waals surface area contributed by atoms with Crippen molar-refractivity contribution < 1.29 is 9.59 Å². The Kier molecular flexibility index (Phi) is 3.22. The topological polar surface area (TPSA) is 37.4 Å². The van der Waals surface area contributed by atoms with Gasteiger partial charge in [0, 0.05) is 13.5 Å². The second-order valence-electron chi connectivity index (χ2n) is 5.16. The number of nitrogens with zero attached hydrogens (tertiary/aromatic N) is 1. The van der Waals surface area contributed by atoms with Crippen LogP contribution in [0.5, 0.6) is 0 Å². The molecule has 0 aromatic heterocycles. The normalized spacial score (nSPS) is 24.5. The Balaban J connectivity index is 2.83. The van der Waals surface area contributed by atoms with E-state index in [-0.39, 0.29) is 23.1 Å². The molecule has 0 bridgehead atoms. The van der Waals surface area contributed by atoms with E-state index in [2.05, 4.69) is 13.8 Å². The van der Waals surface area contributed by atoms with Gasteiger partial charge in [-0.15, -0.1) is 0 Å². The van der Waals surface area contributed by atoms with E-state index >= 15 is 0 Å². The van der Waals surface area contributed by atoms with Crippen LogP contribution < -0.4 is 0 Å². The lowest BCUT2D eigenvalue weighted by molar-refractivity contribution is -0.138. The summed E-state index contributed by atoms with van der Waals surface area (Å²) in [5.41, 5.74) is 0.221. The summed E-state index contributed by atoms with van der Waals surface area (Å²) in [5.74, 6) is 0.460. The molecule has 15 heavy (non-hydrogen) atoms. The van der Waals surface area contributed by atoms with Crippen LogP contribution in [0.4, 0.5) is 0 Å². The maximum absolute atomic E-state index is 11.6. The molecule has 0 heterocycles. The second-order valence-corrected chi connectivity index (χ2v) is 5.16. The summed E-state index contributed by atoms with van der Waals surface area (Å²) in [5, 5.41) is 0. The molecule has 3 nitrogen and oxygen atoms in total. The lowest BCUT2D eigenvalue weighted by Gasteiger charge is -2.29. The van der Waals surface area contributed by atoms with Crippen LogP contribution in [0.3, 0.4) is 0 Å². The highest BCUT2D eigenvalue weighted by atomic mass is 16.2. The van der Waals surface area contributed by atoms with Crippen LogP contribution in [0.15, 0.2) is 0 Å². The lowest BCUT2D eigenvalue weighted by atomic mass is 9.99. The fraction of sp³-hybridized carbons (Fsp3) is 0.833. The van der Waals surface area contributed by atoms with E-state index in [4.69, 9.17) is 0 Å². The zero-order valence-corrected chi connectivity index (χ0v) is 10.3. The Morgan fingerprint density at radius 3 is 2.07 bits per heavy atom. The van der Waals surface area contributed by atoms with Crippen LogP contribution in [0.2, 0.25) is 0 Å². The van der Waals surface area contributed by atoms with Crippen LogP contribution in [0.25, 0.3) is 0 Å². The Morgan fingerprint density at radius 2 is 1.87 bits per heavy atom. The van der Waals surface area contributed by atoms with Gasteiger partial charge in [0.05, 0.1) is 6.04 Å². The number of hydrogen-bond donors (Lipinski definition) is 0. The molecular formula is C12H21NO2. The molecule has 1 amide bonds.